The highest BCUT2D eigenvalue weighted by Crippen LogP contribution is 2.12. The zero-order chi connectivity index (χ0) is 10.5. The van der Waals surface area contributed by atoms with Gasteiger partial charge in [-0.2, -0.15) is 0 Å². The second kappa shape index (κ2) is 4.63. The number of carbonyl (C=O) groups is 2. The molecule has 0 saturated carbocycles. The number of methoxy groups -OCH3 is 1. The van der Waals surface area contributed by atoms with Crippen molar-refractivity contribution < 1.29 is 14.3 Å². The summed E-state index contributed by atoms with van der Waals surface area (Å²) in [4.78, 5) is 21.4. The van der Waals surface area contributed by atoms with Gasteiger partial charge in [-0.15, -0.1) is 5.73 Å². The Morgan fingerprint density at radius 2 is 2.00 bits per heavy atom. The predicted octanol–water partition coefficient (Wildman–Crippen LogP) is 1.49. The van der Waals surface area contributed by atoms with Gasteiger partial charge in [0, 0.05) is 5.41 Å². The van der Waals surface area contributed by atoms with Gasteiger partial charge in [0.1, 0.15) is 6.29 Å². The Kier molecular flexibility index (Phi) is 4.15. The Morgan fingerprint density at radius 3 is 2.38 bits per heavy atom. The first-order valence-corrected chi connectivity index (χ1v) is 3.92. The Balaban J connectivity index is 4.73. The number of ether oxygens (including phenoxy) is 1. The Hall–Kier alpha value is -1.34. The monoisotopic (exact) mass is 182 g/mol. The largest absolute Gasteiger partial charge is 0.465 e. The van der Waals surface area contributed by atoms with Crippen molar-refractivity contribution in [3.8, 4) is 0 Å². The van der Waals surface area contributed by atoms with Gasteiger partial charge in [0.05, 0.1) is 12.7 Å². The number of esters is 1. The van der Waals surface area contributed by atoms with Crippen LogP contribution in [-0.4, -0.2) is 19.4 Å². The van der Waals surface area contributed by atoms with Crippen LogP contribution in [0.4, 0.5) is 0 Å². The topological polar surface area (TPSA) is 43.4 Å². The van der Waals surface area contributed by atoms with Crippen LogP contribution in [0.25, 0.3) is 0 Å². The highest BCUT2D eigenvalue weighted by molar-refractivity contribution is 5.87. The van der Waals surface area contributed by atoms with Gasteiger partial charge in [-0.1, -0.05) is 0 Å². The predicted molar refractivity (Wildman–Crippen MR) is 49.1 cm³/mol. The molecule has 72 valence electrons. The molecule has 0 radical (unpaired) electrons. The Bertz CT molecular complexity index is 268. The van der Waals surface area contributed by atoms with E-state index in [4.69, 9.17) is 0 Å². The highest BCUT2D eigenvalue weighted by atomic mass is 16.5. The van der Waals surface area contributed by atoms with Gasteiger partial charge in [0.2, 0.25) is 0 Å². The molecule has 0 heterocycles. The molecule has 0 aliphatic carbocycles. The van der Waals surface area contributed by atoms with E-state index < -0.39 is 11.4 Å². The summed E-state index contributed by atoms with van der Waals surface area (Å²) >= 11 is 0. The minimum atomic E-state index is -0.588. The minimum absolute atomic E-state index is 0.359. The summed E-state index contributed by atoms with van der Waals surface area (Å²) in [5.74, 6) is -0.432. The van der Waals surface area contributed by atoms with E-state index in [0.717, 1.165) is 6.29 Å². The zero-order valence-corrected chi connectivity index (χ0v) is 8.38. The van der Waals surface area contributed by atoms with E-state index in [1.165, 1.54) is 7.11 Å². The SMILES string of the molecule is COC(=O)C(C)=C=CC(C)(C)C=O. The molecule has 0 spiro atoms. The summed E-state index contributed by atoms with van der Waals surface area (Å²) in [5, 5.41) is 0. The van der Waals surface area contributed by atoms with Crippen LogP contribution < -0.4 is 0 Å². The molecular weight excluding hydrogens is 168 g/mol. The fraction of sp³-hybridized carbons (Fsp3) is 0.500. The van der Waals surface area contributed by atoms with Crippen LogP contribution in [0, 0.1) is 5.41 Å². The van der Waals surface area contributed by atoms with Crippen LogP contribution in [-0.2, 0) is 14.3 Å². The van der Waals surface area contributed by atoms with Crippen molar-refractivity contribution in [2.75, 3.05) is 7.11 Å². The standard InChI is InChI=1S/C10H14O3/c1-8(9(12)13-4)5-6-10(2,3)7-11/h6-7H,1-4H3. The van der Waals surface area contributed by atoms with Gasteiger partial charge >= 0.3 is 5.97 Å². The molecule has 0 rings (SSSR count). The molecule has 0 aliphatic rings. The van der Waals surface area contributed by atoms with Crippen molar-refractivity contribution in [3.05, 3.63) is 17.4 Å². The lowest BCUT2D eigenvalue weighted by Gasteiger charge is -2.07. The number of hydrogen-bond acceptors (Lipinski definition) is 3. The molecule has 0 atom stereocenters. The number of hydrogen-bond donors (Lipinski definition) is 0. The molecule has 0 aliphatic heterocycles. The van der Waals surface area contributed by atoms with Crippen molar-refractivity contribution in [1.29, 1.82) is 0 Å². The van der Waals surface area contributed by atoms with Crippen LogP contribution in [0.1, 0.15) is 20.8 Å². The fourth-order valence-corrected chi connectivity index (χ4v) is 0.540. The molecule has 0 fully saturated rings. The van der Waals surface area contributed by atoms with Crippen LogP contribution in [0.5, 0.6) is 0 Å². The lowest BCUT2D eigenvalue weighted by atomic mass is 9.96. The van der Waals surface area contributed by atoms with Gasteiger partial charge in [-0.25, -0.2) is 4.79 Å². The quantitative estimate of drug-likeness (QED) is 0.287. The van der Waals surface area contributed by atoms with Gasteiger partial charge < -0.3 is 9.53 Å². The van der Waals surface area contributed by atoms with Crippen molar-refractivity contribution in [2.45, 2.75) is 20.8 Å². The molecule has 0 N–H and O–H groups in total. The molecule has 0 unspecified atom stereocenters. The molecule has 0 aromatic heterocycles. The summed E-state index contributed by atoms with van der Waals surface area (Å²) in [6.45, 7) is 5.05. The van der Waals surface area contributed by atoms with Crippen molar-refractivity contribution in [2.24, 2.45) is 5.41 Å². The number of rotatable bonds is 3. The van der Waals surface area contributed by atoms with E-state index in [2.05, 4.69) is 10.5 Å². The Morgan fingerprint density at radius 1 is 1.46 bits per heavy atom. The zero-order valence-electron chi connectivity index (χ0n) is 8.38. The third-order valence-electron chi connectivity index (χ3n) is 1.46. The van der Waals surface area contributed by atoms with E-state index in [1.54, 1.807) is 26.8 Å². The molecule has 3 heteroatoms. The van der Waals surface area contributed by atoms with Gasteiger partial charge in [0.25, 0.3) is 0 Å². The summed E-state index contributed by atoms with van der Waals surface area (Å²) in [6, 6.07) is 0. The maximum Gasteiger partial charge on any atom is 0.341 e. The van der Waals surface area contributed by atoms with Gasteiger partial charge in [-0.3, -0.25) is 0 Å². The van der Waals surface area contributed by atoms with Gasteiger partial charge in [-0.05, 0) is 26.8 Å². The van der Waals surface area contributed by atoms with Crippen LogP contribution in [0.3, 0.4) is 0 Å². The summed E-state index contributed by atoms with van der Waals surface area (Å²) in [7, 11) is 1.30. The maximum atomic E-state index is 10.9. The molecular formula is C10H14O3. The lowest BCUT2D eigenvalue weighted by molar-refractivity contribution is -0.136. The average Bonchev–Trinajstić information content (AvgIpc) is 2.13. The molecule has 0 saturated heterocycles. The molecule has 0 bridgehead atoms. The summed E-state index contributed by atoms with van der Waals surface area (Å²) in [5.41, 5.74) is 2.48. The van der Waals surface area contributed by atoms with Crippen molar-refractivity contribution in [3.63, 3.8) is 0 Å². The average molecular weight is 182 g/mol. The lowest BCUT2D eigenvalue weighted by Crippen LogP contribution is -2.08. The molecule has 3 nitrogen and oxygen atoms in total. The van der Waals surface area contributed by atoms with E-state index in [-0.39, 0.29) is 0 Å². The van der Waals surface area contributed by atoms with Crippen LogP contribution >= 0.6 is 0 Å². The number of carbonyl (C=O) groups excluding carboxylic acids is 2. The van der Waals surface area contributed by atoms with Crippen molar-refractivity contribution >= 4 is 12.3 Å². The second-order valence-corrected chi connectivity index (χ2v) is 3.34. The summed E-state index contributed by atoms with van der Waals surface area (Å²) < 4.78 is 4.46. The fourth-order valence-electron chi connectivity index (χ4n) is 0.540. The molecule has 0 amide bonds. The first-order valence-electron chi connectivity index (χ1n) is 3.92. The van der Waals surface area contributed by atoms with E-state index in [9.17, 15) is 9.59 Å². The molecule has 0 aromatic carbocycles. The Labute approximate surface area is 78.1 Å². The minimum Gasteiger partial charge on any atom is -0.465 e. The van der Waals surface area contributed by atoms with Crippen LogP contribution in [0.2, 0.25) is 0 Å². The summed E-state index contributed by atoms with van der Waals surface area (Å²) in [6.07, 6.45) is 2.34. The maximum absolute atomic E-state index is 10.9. The van der Waals surface area contributed by atoms with Gasteiger partial charge in [0.15, 0.2) is 0 Å². The molecule has 13 heavy (non-hydrogen) atoms. The highest BCUT2D eigenvalue weighted by Gasteiger charge is 2.11. The number of aldehydes is 1. The van der Waals surface area contributed by atoms with E-state index >= 15 is 0 Å². The second-order valence-electron chi connectivity index (χ2n) is 3.34. The third kappa shape index (κ3) is 4.28. The molecule has 0 aromatic rings. The van der Waals surface area contributed by atoms with Crippen LogP contribution in [0.15, 0.2) is 17.4 Å². The first kappa shape index (κ1) is 11.7. The first-order chi connectivity index (χ1) is 5.93. The smallest absolute Gasteiger partial charge is 0.341 e. The van der Waals surface area contributed by atoms with Crippen molar-refractivity contribution in [1.82, 2.24) is 0 Å². The normalized spacial score (nSPS) is 9.85. The third-order valence-corrected chi connectivity index (χ3v) is 1.46. The van der Waals surface area contributed by atoms with E-state index in [0.29, 0.717) is 5.57 Å². The van der Waals surface area contributed by atoms with E-state index in [1.807, 2.05) is 0 Å².